The molecule has 0 spiro atoms. The van der Waals surface area contributed by atoms with E-state index in [1.54, 1.807) is 14.0 Å². The van der Waals surface area contributed by atoms with E-state index in [2.05, 4.69) is 14.8 Å². The maximum atomic E-state index is 13.2. The molecule has 1 rings (SSSR count). The summed E-state index contributed by atoms with van der Waals surface area (Å²) < 4.78 is 38.0. The first-order valence-electron chi connectivity index (χ1n) is 9.70. The summed E-state index contributed by atoms with van der Waals surface area (Å²) in [6.45, 7) is 5.23. The third kappa shape index (κ3) is 8.50. The fourth-order valence-electron chi connectivity index (χ4n) is 2.75. The molecule has 12 heteroatoms. The van der Waals surface area contributed by atoms with Crippen molar-refractivity contribution in [3.8, 4) is 5.75 Å². The van der Waals surface area contributed by atoms with Crippen LogP contribution in [0.4, 0.5) is 3.89 Å². The number of benzene rings is 1. The Hall–Kier alpha value is -2.73. The molecule has 174 valence electrons. The zero-order valence-electron chi connectivity index (χ0n) is 17.9. The van der Waals surface area contributed by atoms with Gasteiger partial charge in [0.2, 0.25) is 17.7 Å². The van der Waals surface area contributed by atoms with Gasteiger partial charge in [0.25, 0.3) is 0 Å². The van der Waals surface area contributed by atoms with E-state index in [1.807, 2.05) is 6.92 Å². The van der Waals surface area contributed by atoms with E-state index < -0.39 is 46.4 Å². The van der Waals surface area contributed by atoms with Gasteiger partial charge in [-0.05, 0) is 45.0 Å². The number of amides is 3. The van der Waals surface area contributed by atoms with Crippen LogP contribution in [0, 0.1) is 0 Å². The highest BCUT2D eigenvalue weighted by molar-refractivity contribution is 7.81. The zero-order valence-corrected chi connectivity index (χ0v) is 18.7. The molecule has 0 aliphatic carbocycles. The topological polar surface area (TPSA) is 148 Å². The Labute approximate surface area is 181 Å². The second-order valence-electron chi connectivity index (χ2n) is 7.01. The SMILES string of the molecule is CCCN(C(=O)[C@H](Cc1ccc(OS(=O)(=O)F)cc1)NC(=O)[C@H](C)NC)[C@@H](C)C(N)=O. The predicted molar refractivity (Wildman–Crippen MR) is 112 cm³/mol. The molecule has 1 aromatic rings. The van der Waals surface area contributed by atoms with Crippen LogP contribution in [0.15, 0.2) is 24.3 Å². The standard InChI is InChI=1S/C19H29FN4O6S/c1-5-10-24(13(3)17(21)25)19(27)16(23-18(26)12(2)22-4)11-14-6-8-15(9-7-14)30-31(20,28)29/h6-9,12-13,16,22H,5,10-11H2,1-4H3,(H2,21,25)(H,23,26)/t12-,13-,16-/m0/s1. The number of hydrogen-bond donors (Lipinski definition) is 3. The number of carbonyl (C=O) groups is 3. The van der Waals surface area contributed by atoms with Gasteiger partial charge in [0, 0.05) is 13.0 Å². The van der Waals surface area contributed by atoms with E-state index in [1.165, 1.54) is 36.1 Å². The van der Waals surface area contributed by atoms with E-state index in [0.29, 0.717) is 12.0 Å². The maximum Gasteiger partial charge on any atom is 0.488 e. The average Bonchev–Trinajstić information content (AvgIpc) is 2.69. The van der Waals surface area contributed by atoms with Crippen molar-refractivity contribution in [1.29, 1.82) is 0 Å². The Balaban J connectivity index is 3.16. The van der Waals surface area contributed by atoms with Crippen molar-refractivity contribution < 1.29 is 30.9 Å². The first kappa shape index (κ1) is 26.3. The van der Waals surface area contributed by atoms with E-state index in [4.69, 9.17) is 5.73 Å². The molecule has 0 unspecified atom stereocenters. The first-order valence-corrected chi connectivity index (χ1v) is 11.0. The second kappa shape index (κ2) is 11.6. The molecule has 0 saturated carbocycles. The molecule has 0 saturated heterocycles. The molecule has 0 heterocycles. The number of nitrogens with one attached hydrogen (secondary N) is 2. The van der Waals surface area contributed by atoms with Gasteiger partial charge in [-0.2, -0.15) is 8.42 Å². The molecule has 4 N–H and O–H groups in total. The number of hydrogen-bond acceptors (Lipinski definition) is 7. The van der Waals surface area contributed by atoms with Gasteiger partial charge in [-0.3, -0.25) is 14.4 Å². The van der Waals surface area contributed by atoms with Crippen LogP contribution in [0.3, 0.4) is 0 Å². The van der Waals surface area contributed by atoms with E-state index in [9.17, 15) is 26.7 Å². The minimum absolute atomic E-state index is 0.0371. The summed E-state index contributed by atoms with van der Waals surface area (Å²) >= 11 is 0. The summed E-state index contributed by atoms with van der Waals surface area (Å²) in [7, 11) is -3.56. The van der Waals surface area contributed by atoms with Crippen LogP contribution in [0.1, 0.15) is 32.8 Å². The Morgan fingerprint density at radius 1 is 1.19 bits per heavy atom. The van der Waals surface area contributed by atoms with Gasteiger partial charge in [-0.15, -0.1) is 0 Å². The van der Waals surface area contributed by atoms with Crippen LogP contribution >= 0.6 is 0 Å². The van der Waals surface area contributed by atoms with Crippen LogP contribution in [0.5, 0.6) is 5.75 Å². The van der Waals surface area contributed by atoms with Gasteiger partial charge in [-0.25, -0.2) is 0 Å². The van der Waals surface area contributed by atoms with Crippen LogP contribution in [0.2, 0.25) is 0 Å². The van der Waals surface area contributed by atoms with Gasteiger partial charge in [-0.1, -0.05) is 22.9 Å². The lowest BCUT2D eigenvalue weighted by atomic mass is 10.0. The molecule has 0 bridgehead atoms. The molecule has 31 heavy (non-hydrogen) atoms. The van der Waals surface area contributed by atoms with E-state index >= 15 is 0 Å². The Morgan fingerprint density at radius 3 is 2.23 bits per heavy atom. The van der Waals surface area contributed by atoms with Gasteiger partial charge in [0.15, 0.2) is 0 Å². The number of nitrogens with two attached hydrogens (primary N) is 1. The van der Waals surface area contributed by atoms with Crippen molar-refractivity contribution in [2.75, 3.05) is 13.6 Å². The zero-order chi connectivity index (χ0) is 23.8. The number of halogens is 1. The lowest BCUT2D eigenvalue weighted by Crippen LogP contribution is -2.57. The molecule has 1 aromatic carbocycles. The third-order valence-electron chi connectivity index (χ3n) is 4.63. The van der Waals surface area contributed by atoms with E-state index in [-0.39, 0.29) is 18.7 Å². The van der Waals surface area contributed by atoms with Crippen LogP contribution in [0.25, 0.3) is 0 Å². The quantitative estimate of drug-likeness (QED) is 0.373. The highest BCUT2D eigenvalue weighted by atomic mass is 32.3. The minimum atomic E-state index is -5.16. The van der Waals surface area contributed by atoms with Crippen molar-refractivity contribution >= 4 is 28.2 Å². The summed E-state index contributed by atoms with van der Waals surface area (Å²) in [5.41, 5.74) is 5.92. The maximum absolute atomic E-state index is 13.2. The highest BCUT2D eigenvalue weighted by Crippen LogP contribution is 2.17. The summed E-state index contributed by atoms with van der Waals surface area (Å²) in [4.78, 5) is 38.6. The smallest absolute Gasteiger partial charge is 0.368 e. The fraction of sp³-hybridized carbons (Fsp3) is 0.526. The third-order valence-corrected chi connectivity index (χ3v) is 5.02. The Bertz CT molecular complexity index is 878. The summed E-state index contributed by atoms with van der Waals surface area (Å²) in [6.07, 6.45) is 0.607. The number of likely N-dealkylation sites (N-methyl/N-ethyl adjacent to an activating group) is 1. The van der Waals surface area contributed by atoms with Crippen molar-refractivity contribution in [3.63, 3.8) is 0 Å². The molecule has 10 nitrogen and oxygen atoms in total. The van der Waals surface area contributed by atoms with Gasteiger partial charge in [0.05, 0.1) is 6.04 Å². The molecule has 0 radical (unpaired) electrons. The van der Waals surface area contributed by atoms with Crippen LogP contribution in [-0.4, -0.2) is 62.8 Å². The predicted octanol–water partition coefficient (Wildman–Crippen LogP) is 0.0273. The molecule has 0 aromatic heterocycles. The van der Waals surface area contributed by atoms with Crippen molar-refractivity contribution in [2.24, 2.45) is 5.73 Å². The summed E-state index contributed by atoms with van der Waals surface area (Å²) in [6, 6.07) is 2.86. The molecule has 0 aliphatic rings. The lowest BCUT2D eigenvalue weighted by molar-refractivity contribution is -0.142. The number of carbonyl (C=O) groups excluding carboxylic acids is 3. The largest absolute Gasteiger partial charge is 0.488 e. The van der Waals surface area contributed by atoms with Gasteiger partial charge in [0.1, 0.15) is 17.8 Å². The van der Waals surface area contributed by atoms with E-state index in [0.717, 1.165) is 0 Å². The fourth-order valence-corrected chi connectivity index (χ4v) is 3.09. The Morgan fingerprint density at radius 2 is 1.77 bits per heavy atom. The van der Waals surface area contributed by atoms with Crippen molar-refractivity contribution in [3.05, 3.63) is 29.8 Å². The molecule has 3 amide bonds. The van der Waals surface area contributed by atoms with Crippen molar-refractivity contribution in [2.45, 2.75) is 51.7 Å². The lowest BCUT2D eigenvalue weighted by Gasteiger charge is -2.31. The number of rotatable bonds is 12. The molecular weight excluding hydrogens is 431 g/mol. The normalized spacial score (nSPS) is 14.2. The van der Waals surface area contributed by atoms with Crippen LogP contribution < -0.4 is 20.6 Å². The minimum Gasteiger partial charge on any atom is -0.368 e. The highest BCUT2D eigenvalue weighted by Gasteiger charge is 2.31. The summed E-state index contributed by atoms with van der Waals surface area (Å²) in [5, 5.41) is 5.45. The van der Waals surface area contributed by atoms with Crippen molar-refractivity contribution in [1.82, 2.24) is 15.5 Å². The number of nitrogens with zero attached hydrogens (tertiary/aromatic N) is 1. The first-order chi connectivity index (χ1) is 14.4. The molecule has 0 fully saturated rings. The molecular formula is C19H29FN4O6S. The Kier molecular flexibility index (Phi) is 9.85. The van der Waals surface area contributed by atoms with Gasteiger partial charge < -0.3 is 25.5 Å². The monoisotopic (exact) mass is 460 g/mol. The molecule has 3 atom stereocenters. The van der Waals surface area contributed by atoms with Gasteiger partial charge >= 0.3 is 10.5 Å². The molecule has 0 aliphatic heterocycles. The number of primary amides is 1. The average molecular weight is 461 g/mol. The van der Waals surface area contributed by atoms with Crippen LogP contribution in [-0.2, 0) is 31.3 Å². The summed E-state index contributed by atoms with van der Waals surface area (Å²) in [5.74, 6) is -1.83. The second-order valence-corrected chi connectivity index (χ2v) is 7.96.